The van der Waals surface area contributed by atoms with Crippen molar-refractivity contribution in [3.63, 3.8) is 0 Å². The Morgan fingerprint density at radius 1 is 1.37 bits per heavy atom. The van der Waals surface area contributed by atoms with Gasteiger partial charge in [-0.25, -0.2) is 9.18 Å². The van der Waals surface area contributed by atoms with Gasteiger partial charge in [-0.1, -0.05) is 24.4 Å². The van der Waals surface area contributed by atoms with Crippen LogP contribution in [0, 0.1) is 28.7 Å². The molecule has 2 aromatic carbocycles. The van der Waals surface area contributed by atoms with Crippen LogP contribution in [0.4, 0.5) is 14.5 Å². The first-order valence-electron chi connectivity index (χ1n) is 7.55. The summed E-state index contributed by atoms with van der Waals surface area (Å²) in [6.45, 7) is 0.626. The minimum Gasteiger partial charge on any atom is -0.481 e. The quantitative estimate of drug-likeness (QED) is 0.421. The van der Waals surface area contributed by atoms with E-state index in [9.17, 15) is 23.7 Å². The highest BCUT2D eigenvalue weighted by Gasteiger charge is 2.18. The number of aliphatic carboxylic acids is 1. The number of carboxylic acid groups (broad SMARTS) is 1. The first kappa shape index (κ1) is 20.2. The molecular formula is C17H14F2N2O5S. The Labute approximate surface area is 157 Å². The normalized spacial score (nSPS) is 10.3. The van der Waals surface area contributed by atoms with Gasteiger partial charge in [0.25, 0.3) is 0 Å². The molecule has 0 fully saturated rings. The number of nitro groups is 1. The second-order valence-electron chi connectivity index (χ2n) is 5.47. The number of hydrogen-bond donors (Lipinski definition) is 2. The van der Waals surface area contributed by atoms with Crippen molar-refractivity contribution in [1.82, 2.24) is 5.32 Å². The van der Waals surface area contributed by atoms with Crippen molar-refractivity contribution in [3.8, 4) is 5.75 Å². The Morgan fingerprint density at radius 2 is 2.07 bits per heavy atom. The van der Waals surface area contributed by atoms with Crippen LogP contribution in [-0.4, -0.2) is 27.6 Å². The zero-order chi connectivity index (χ0) is 20.1. The zero-order valence-electron chi connectivity index (χ0n) is 14.0. The highest BCUT2D eigenvalue weighted by Crippen LogP contribution is 2.24. The summed E-state index contributed by atoms with van der Waals surface area (Å²) < 4.78 is 32.9. The third-order valence-electron chi connectivity index (χ3n) is 3.55. The molecule has 0 atom stereocenters. The van der Waals surface area contributed by atoms with Crippen LogP contribution < -0.4 is 10.1 Å². The van der Waals surface area contributed by atoms with E-state index in [1.165, 1.54) is 25.1 Å². The van der Waals surface area contributed by atoms with E-state index in [2.05, 4.69) is 5.32 Å². The lowest BCUT2D eigenvalue weighted by Crippen LogP contribution is -2.24. The smallest absolute Gasteiger partial charge is 0.341 e. The summed E-state index contributed by atoms with van der Waals surface area (Å²) in [6.07, 6.45) is 0. The van der Waals surface area contributed by atoms with E-state index in [1.54, 1.807) is 0 Å². The predicted octanol–water partition coefficient (Wildman–Crippen LogP) is 3.11. The van der Waals surface area contributed by atoms with E-state index in [1.807, 2.05) is 0 Å². The van der Waals surface area contributed by atoms with E-state index in [0.717, 1.165) is 12.1 Å². The molecule has 10 heteroatoms. The summed E-state index contributed by atoms with van der Waals surface area (Å²) in [4.78, 5) is 20.7. The van der Waals surface area contributed by atoms with Crippen molar-refractivity contribution in [2.45, 2.75) is 13.5 Å². The van der Waals surface area contributed by atoms with Gasteiger partial charge in [0.05, 0.1) is 10.5 Å². The molecule has 0 aromatic heterocycles. The summed E-state index contributed by atoms with van der Waals surface area (Å²) in [5.41, 5.74) is -0.184. The highest BCUT2D eigenvalue weighted by molar-refractivity contribution is 7.80. The van der Waals surface area contributed by atoms with Crippen LogP contribution in [0.1, 0.15) is 16.7 Å². The molecule has 0 spiro atoms. The SMILES string of the molecule is Cc1cc(C(=S)NCc2cccc([N+](=O)[O-])c2F)c(OCC(=O)O)cc1F. The van der Waals surface area contributed by atoms with Gasteiger partial charge in [-0.05, 0) is 18.6 Å². The number of carbonyl (C=O) groups is 1. The molecule has 0 aliphatic rings. The van der Waals surface area contributed by atoms with Crippen molar-refractivity contribution >= 4 is 28.9 Å². The average molecular weight is 396 g/mol. The molecule has 142 valence electrons. The number of ether oxygens (including phenoxy) is 1. The fourth-order valence-corrected chi connectivity index (χ4v) is 2.45. The second-order valence-corrected chi connectivity index (χ2v) is 5.88. The van der Waals surface area contributed by atoms with E-state index in [-0.39, 0.29) is 34.0 Å². The maximum Gasteiger partial charge on any atom is 0.341 e. The number of halogens is 2. The van der Waals surface area contributed by atoms with Gasteiger partial charge < -0.3 is 15.2 Å². The van der Waals surface area contributed by atoms with Crippen LogP contribution in [-0.2, 0) is 11.3 Å². The molecule has 27 heavy (non-hydrogen) atoms. The fraction of sp³-hybridized carbons (Fsp3) is 0.176. The lowest BCUT2D eigenvalue weighted by atomic mass is 10.1. The minimum absolute atomic E-state index is 0.0124. The molecule has 0 saturated heterocycles. The van der Waals surface area contributed by atoms with E-state index in [0.29, 0.717) is 0 Å². The first-order valence-corrected chi connectivity index (χ1v) is 7.96. The third-order valence-corrected chi connectivity index (χ3v) is 3.92. The summed E-state index contributed by atoms with van der Waals surface area (Å²) in [6, 6.07) is 6.11. The number of carboxylic acids is 1. The molecule has 0 unspecified atom stereocenters. The average Bonchev–Trinajstić information content (AvgIpc) is 2.60. The fourth-order valence-electron chi connectivity index (χ4n) is 2.21. The maximum absolute atomic E-state index is 14.1. The van der Waals surface area contributed by atoms with Crippen molar-refractivity contribution in [1.29, 1.82) is 0 Å². The van der Waals surface area contributed by atoms with Gasteiger partial charge >= 0.3 is 11.7 Å². The Kier molecular flexibility index (Phi) is 6.35. The highest BCUT2D eigenvalue weighted by atomic mass is 32.1. The molecule has 0 amide bonds. The Bertz CT molecular complexity index is 920. The van der Waals surface area contributed by atoms with Crippen LogP contribution in [0.3, 0.4) is 0 Å². The largest absolute Gasteiger partial charge is 0.481 e. The summed E-state index contributed by atoms with van der Waals surface area (Å²) in [5.74, 6) is -2.93. The summed E-state index contributed by atoms with van der Waals surface area (Å²) in [7, 11) is 0. The number of thiocarbonyl (C=S) groups is 1. The molecule has 0 aliphatic carbocycles. The molecule has 0 saturated carbocycles. The molecule has 7 nitrogen and oxygen atoms in total. The Balaban J connectivity index is 2.23. The number of hydrogen-bond acceptors (Lipinski definition) is 5. The van der Waals surface area contributed by atoms with Gasteiger partial charge in [0, 0.05) is 24.2 Å². The molecule has 2 rings (SSSR count). The van der Waals surface area contributed by atoms with Crippen LogP contribution in [0.25, 0.3) is 0 Å². The van der Waals surface area contributed by atoms with Gasteiger partial charge in [-0.3, -0.25) is 10.1 Å². The number of rotatable bonds is 7. The van der Waals surface area contributed by atoms with Crippen molar-refractivity contribution in [2.24, 2.45) is 0 Å². The van der Waals surface area contributed by atoms with Crippen molar-refractivity contribution in [2.75, 3.05) is 6.61 Å². The molecule has 0 radical (unpaired) electrons. The third kappa shape index (κ3) is 4.94. The number of nitrogens with zero attached hydrogens (tertiary/aromatic N) is 1. The van der Waals surface area contributed by atoms with Gasteiger partial charge in [0.2, 0.25) is 5.82 Å². The monoisotopic (exact) mass is 396 g/mol. The number of benzene rings is 2. The standard InChI is InChI=1S/C17H14F2N2O5S/c1-9-5-11(14(6-12(9)18)26-8-15(22)23)17(27)20-7-10-3-2-4-13(16(10)19)21(24)25/h2-6H,7-8H2,1H3,(H,20,27)(H,22,23). The topological polar surface area (TPSA) is 102 Å². The van der Waals surface area contributed by atoms with E-state index < -0.39 is 34.8 Å². The van der Waals surface area contributed by atoms with Crippen molar-refractivity contribution < 1.29 is 28.3 Å². The van der Waals surface area contributed by atoms with Gasteiger partial charge in [-0.2, -0.15) is 4.39 Å². The summed E-state index contributed by atoms with van der Waals surface area (Å²) in [5, 5.41) is 22.2. The van der Waals surface area contributed by atoms with Gasteiger partial charge in [0.15, 0.2) is 6.61 Å². The maximum atomic E-state index is 14.1. The molecule has 2 aromatic rings. The van der Waals surface area contributed by atoms with Crippen LogP contribution in [0.2, 0.25) is 0 Å². The number of nitro benzene ring substituents is 1. The molecule has 0 heterocycles. The molecule has 0 aliphatic heterocycles. The molecular weight excluding hydrogens is 382 g/mol. The van der Waals surface area contributed by atoms with Crippen LogP contribution in [0.15, 0.2) is 30.3 Å². The zero-order valence-corrected chi connectivity index (χ0v) is 14.8. The summed E-state index contributed by atoms with van der Waals surface area (Å²) >= 11 is 5.20. The Hall–Kier alpha value is -3.14. The second kappa shape index (κ2) is 8.49. The van der Waals surface area contributed by atoms with Gasteiger partial charge in [0.1, 0.15) is 16.6 Å². The minimum atomic E-state index is -1.25. The molecule has 0 bridgehead atoms. The predicted molar refractivity (Wildman–Crippen MR) is 95.9 cm³/mol. The van der Waals surface area contributed by atoms with Crippen molar-refractivity contribution in [3.05, 3.63) is 68.8 Å². The lowest BCUT2D eigenvalue weighted by Gasteiger charge is -2.14. The van der Waals surface area contributed by atoms with E-state index >= 15 is 0 Å². The first-order chi connectivity index (χ1) is 12.7. The van der Waals surface area contributed by atoms with Crippen LogP contribution in [0.5, 0.6) is 5.75 Å². The van der Waals surface area contributed by atoms with E-state index in [4.69, 9.17) is 22.1 Å². The number of aryl methyl sites for hydroxylation is 1. The molecule has 2 N–H and O–H groups in total. The van der Waals surface area contributed by atoms with Gasteiger partial charge in [-0.15, -0.1) is 0 Å². The number of nitrogens with one attached hydrogen (secondary N) is 1. The lowest BCUT2D eigenvalue weighted by molar-refractivity contribution is -0.387. The van der Waals surface area contributed by atoms with Crippen LogP contribution >= 0.6 is 12.2 Å². The Morgan fingerprint density at radius 3 is 2.70 bits per heavy atom.